The predicted octanol–water partition coefficient (Wildman–Crippen LogP) is 23.1. The molecule has 0 saturated carbocycles. The molecule has 0 radical (unpaired) electrons. The van der Waals surface area contributed by atoms with Crippen molar-refractivity contribution in [3.05, 3.63) is 146 Å². The third-order valence-corrected chi connectivity index (χ3v) is 13.9. The number of unbranched alkanes of at least 4 members (excludes halogenated alkanes) is 24. The van der Waals surface area contributed by atoms with Crippen LogP contribution in [0.5, 0.6) is 0 Å². The summed E-state index contributed by atoms with van der Waals surface area (Å²) >= 11 is 0. The highest BCUT2D eigenvalue weighted by Gasteiger charge is 2.19. The van der Waals surface area contributed by atoms with Crippen LogP contribution in [0.25, 0.3) is 0 Å². The normalized spacial score (nSPS) is 13.1. The summed E-state index contributed by atoms with van der Waals surface area (Å²) in [6.07, 6.45) is 97.4. The lowest BCUT2D eigenvalue weighted by molar-refractivity contribution is -0.166. The molecule has 6 nitrogen and oxygen atoms in total. The highest BCUT2D eigenvalue weighted by Crippen LogP contribution is 2.16. The molecule has 0 fully saturated rings. The fraction of sp³-hybridized carbons (Fsp3) is 0.640. The topological polar surface area (TPSA) is 78.9 Å². The summed E-state index contributed by atoms with van der Waals surface area (Å²) in [5, 5.41) is 0. The molecule has 0 aromatic carbocycles. The maximum atomic E-state index is 12.9. The van der Waals surface area contributed by atoms with E-state index in [1.807, 2.05) is 6.08 Å². The van der Waals surface area contributed by atoms with E-state index in [9.17, 15) is 14.4 Å². The molecular formula is C75H122O6. The average Bonchev–Trinajstić information content (AvgIpc) is 3.46. The molecule has 458 valence electrons. The Morgan fingerprint density at radius 1 is 0.259 bits per heavy atom. The fourth-order valence-corrected chi connectivity index (χ4v) is 8.94. The van der Waals surface area contributed by atoms with Gasteiger partial charge in [-0.25, -0.2) is 0 Å². The standard InChI is InChI=1S/C75H122O6/c1-4-7-10-13-16-19-22-25-27-28-29-30-31-32-33-34-35-36-37-38-39-40-41-42-43-44-45-46-48-50-53-56-59-62-65-68-74(77)80-71-72(70-79-73(76)67-64-61-58-55-52-49-24-21-18-15-12-9-6-3)81-75(78)69-66-63-60-57-54-51-47-26-23-20-17-14-11-8-5-2/h7,9-10,12,16,18-19,21,25,27,29-30,32-33,35-36,38-39,41-42,49,52,58,61,72H,4-6,8,11,13-15,17,20,22-24,26,28,31,34,37,40,43-48,50-51,53-57,59-60,62-71H2,1-3H3/b10-7-,12-9-,19-16-,21-18-,27-25-,30-29-,33-32-,36-35-,39-38-,42-41-,52-49-,61-58-. The van der Waals surface area contributed by atoms with Gasteiger partial charge in [0.15, 0.2) is 6.10 Å². The zero-order valence-corrected chi connectivity index (χ0v) is 52.5. The van der Waals surface area contributed by atoms with Gasteiger partial charge in [-0.05, 0) is 109 Å². The highest BCUT2D eigenvalue weighted by molar-refractivity contribution is 5.71. The molecule has 0 spiro atoms. The third-order valence-electron chi connectivity index (χ3n) is 13.9. The maximum absolute atomic E-state index is 12.9. The van der Waals surface area contributed by atoms with E-state index in [1.54, 1.807) is 0 Å². The Balaban J connectivity index is 4.25. The molecule has 0 N–H and O–H groups in total. The Morgan fingerprint density at radius 2 is 0.506 bits per heavy atom. The number of hydrogen-bond acceptors (Lipinski definition) is 6. The lowest BCUT2D eigenvalue weighted by atomic mass is 10.0. The van der Waals surface area contributed by atoms with Gasteiger partial charge in [0.25, 0.3) is 0 Å². The third kappa shape index (κ3) is 66.0. The average molecular weight is 1120 g/mol. The SMILES string of the molecule is CC/C=C\C/C=C\C/C=C\C/C=C\C/C=C\C/C=C\C/C=C\C/C=C\CCCCCCCCCCCCC(=O)OCC(COC(=O)CC/C=C\C/C=C\C/C=C\C/C=C\CC)OC(=O)CCCCCCCCCCCCCCCCC. The second kappa shape index (κ2) is 67.8. The molecule has 0 saturated heterocycles. The van der Waals surface area contributed by atoms with Gasteiger partial charge >= 0.3 is 17.9 Å². The first-order valence-electron chi connectivity index (χ1n) is 33.3. The zero-order valence-electron chi connectivity index (χ0n) is 52.5. The molecule has 0 aliphatic heterocycles. The van der Waals surface area contributed by atoms with E-state index in [1.165, 1.54) is 122 Å². The van der Waals surface area contributed by atoms with Crippen molar-refractivity contribution in [2.24, 2.45) is 0 Å². The largest absolute Gasteiger partial charge is 0.462 e. The van der Waals surface area contributed by atoms with Gasteiger partial charge in [0, 0.05) is 19.3 Å². The number of esters is 3. The van der Waals surface area contributed by atoms with E-state index >= 15 is 0 Å². The Hall–Kier alpha value is -4.71. The lowest BCUT2D eigenvalue weighted by Gasteiger charge is -2.18. The van der Waals surface area contributed by atoms with E-state index in [0.29, 0.717) is 19.3 Å². The van der Waals surface area contributed by atoms with Crippen molar-refractivity contribution < 1.29 is 28.6 Å². The summed E-state index contributed by atoms with van der Waals surface area (Å²) in [5.74, 6) is -0.988. The van der Waals surface area contributed by atoms with Crippen LogP contribution in [0.4, 0.5) is 0 Å². The molecule has 0 heterocycles. The zero-order chi connectivity index (χ0) is 58.5. The van der Waals surface area contributed by atoms with Crippen LogP contribution in [0.3, 0.4) is 0 Å². The first kappa shape index (κ1) is 76.3. The number of carbonyl (C=O) groups is 3. The van der Waals surface area contributed by atoms with Crippen molar-refractivity contribution in [1.82, 2.24) is 0 Å². The maximum Gasteiger partial charge on any atom is 0.306 e. The monoisotopic (exact) mass is 1120 g/mol. The number of ether oxygens (including phenoxy) is 3. The van der Waals surface area contributed by atoms with Crippen molar-refractivity contribution in [3.63, 3.8) is 0 Å². The Labute approximate surface area is 499 Å². The smallest absolute Gasteiger partial charge is 0.306 e. The lowest BCUT2D eigenvalue weighted by Crippen LogP contribution is -2.30. The summed E-state index contributed by atoms with van der Waals surface area (Å²) in [7, 11) is 0. The Morgan fingerprint density at radius 3 is 0.827 bits per heavy atom. The molecule has 0 rings (SSSR count). The number of rotatable bonds is 59. The molecule has 81 heavy (non-hydrogen) atoms. The molecule has 0 aromatic heterocycles. The van der Waals surface area contributed by atoms with Gasteiger partial charge in [-0.15, -0.1) is 0 Å². The van der Waals surface area contributed by atoms with Crippen molar-refractivity contribution >= 4 is 17.9 Å². The summed E-state index contributed by atoms with van der Waals surface area (Å²) in [5.41, 5.74) is 0. The van der Waals surface area contributed by atoms with Crippen molar-refractivity contribution in [3.8, 4) is 0 Å². The molecule has 0 aromatic rings. The van der Waals surface area contributed by atoms with E-state index in [4.69, 9.17) is 14.2 Å². The second-order valence-electron chi connectivity index (χ2n) is 21.6. The van der Waals surface area contributed by atoms with Crippen LogP contribution in [0, 0.1) is 0 Å². The van der Waals surface area contributed by atoms with Gasteiger partial charge < -0.3 is 14.2 Å². The van der Waals surface area contributed by atoms with Crippen LogP contribution in [-0.2, 0) is 28.6 Å². The molecule has 1 unspecified atom stereocenters. The van der Waals surface area contributed by atoms with E-state index in [0.717, 1.165) is 122 Å². The van der Waals surface area contributed by atoms with Crippen molar-refractivity contribution in [2.75, 3.05) is 13.2 Å². The molecular weight excluding hydrogens is 997 g/mol. The minimum Gasteiger partial charge on any atom is -0.462 e. The fourth-order valence-electron chi connectivity index (χ4n) is 8.94. The minimum absolute atomic E-state index is 0.104. The van der Waals surface area contributed by atoms with Crippen molar-refractivity contribution in [2.45, 2.75) is 297 Å². The summed E-state index contributed by atoms with van der Waals surface area (Å²) in [6, 6.07) is 0. The van der Waals surface area contributed by atoms with Gasteiger partial charge in [0.1, 0.15) is 13.2 Å². The van der Waals surface area contributed by atoms with Crippen LogP contribution in [-0.4, -0.2) is 37.2 Å². The van der Waals surface area contributed by atoms with Crippen LogP contribution in [0.1, 0.15) is 290 Å². The Bertz CT molecular complexity index is 1760. The number of carbonyl (C=O) groups excluding carboxylic acids is 3. The van der Waals surface area contributed by atoms with E-state index in [2.05, 4.69) is 161 Å². The second-order valence-corrected chi connectivity index (χ2v) is 21.6. The van der Waals surface area contributed by atoms with Gasteiger partial charge in [-0.3, -0.25) is 14.4 Å². The van der Waals surface area contributed by atoms with Gasteiger partial charge in [0.05, 0.1) is 0 Å². The van der Waals surface area contributed by atoms with Crippen LogP contribution < -0.4 is 0 Å². The van der Waals surface area contributed by atoms with Crippen LogP contribution in [0.2, 0.25) is 0 Å². The predicted molar refractivity (Wildman–Crippen MR) is 352 cm³/mol. The van der Waals surface area contributed by atoms with Crippen LogP contribution in [0.15, 0.2) is 146 Å². The summed E-state index contributed by atoms with van der Waals surface area (Å²) < 4.78 is 16.8. The Kier molecular flexibility index (Phi) is 63.9. The minimum atomic E-state index is -0.811. The highest BCUT2D eigenvalue weighted by atomic mass is 16.6. The number of hydrogen-bond donors (Lipinski definition) is 0. The molecule has 1 atom stereocenters. The number of allylic oxidation sites excluding steroid dienone is 24. The molecule has 0 aliphatic rings. The van der Waals surface area contributed by atoms with Gasteiger partial charge in [0.2, 0.25) is 0 Å². The molecule has 0 bridgehead atoms. The molecule has 0 aliphatic carbocycles. The van der Waals surface area contributed by atoms with E-state index in [-0.39, 0.29) is 37.5 Å². The van der Waals surface area contributed by atoms with Gasteiger partial charge in [-0.1, -0.05) is 308 Å². The van der Waals surface area contributed by atoms with Crippen LogP contribution >= 0.6 is 0 Å². The first-order valence-corrected chi connectivity index (χ1v) is 33.3. The first-order chi connectivity index (χ1) is 40.0. The van der Waals surface area contributed by atoms with Crippen molar-refractivity contribution in [1.29, 1.82) is 0 Å². The quantitative estimate of drug-likeness (QED) is 0.0261. The summed E-state index contributed by atoms with van der Waals surface area (Å²) in [4.78, 5) is 38.2. The summed E-state index contributed by atoms with van der Waals surface area (Å²) in [6.45, 7) is 6.35. The van der Waals surface area contributed by atoms with Gasteiger partial charge in [-0.2, -0.15) is 0 Å². The van der Waals surface area contributed by atoms with E-state index < -0.39 is 6.10 Å². The molecule has 6 heteroatoms. The molecule has 0 amide bonds.